The van der Waals surface area contributed by atoms with E-state index in [2.05, 4.69) is 20.3 Å². The fraction of sp³-hybridized carbons (Fsp3) is 0.625. The largest absolute Gasteiger partial charge is 0.388 e. The molecular weight excluding hydrogens is 326 g/mol. The number of imidazole rings is 1. The highest BCUT2D eigenvalue weighted by Gasteiger charge is 2.41. The van der Waals surface area contributed by atoms with Crippen molar-refractivity contribution < 1.29 is 14.6 Å². The quantitative estimate of drug-likeness (QED) is 0.757. The van der Waals surface area contributed by atoms with Crippen molar-refractivity contribution >= 4 is 23.0 Å². The molecule has 0 aromatic carbocycles. The summed E-state index contributed by atoms with van der Waals surface area (Å²) in [5.74, 6) is -0.512. The minimum atomic E-state index is -0.739. The first-order valence-electron chi connectivity index (χ1n) is 8.44. The Balaban J connectivity index is 2.01. The second kappa shape index (κ2) is 6.57. The van der Waals surface area contributed by atoms with Crippen LogP contribution < -0.4 is 10.9 Å². The van der Waals surface area contributed by atoms with Gasteiger partial charge in [-0.25, -0.2) is 4.98 Å². The van der Waals surface area contributed by atoms with Gasteiger partial charge in [0.05, 0.1) is 12.4 Å². The number of carbonyl (C=O) groups is 1. The lowest BCUT2D eigenvalue weighted by Gasteiger charge is -2.17. The number of aromatic amines is 1. The average molecular weight is 349 g/mol. The zero-order chi connectivity index (χ0) is 18.3. The summed E-state index contributed by atoms with van der Waals surface area (Å²) in [5.41, 5.74) is -0.0721. The van der Waals surface area contributed by atoms with Gasteiger partial charge in [-0.1, -0.05) is 27.7 Å². The van der Waals surface area contributed by atoms with Gasteiger partial charge in [0, 0.05) is 11.8 Å². The molecule has 0 unspecified atom stereocenters. The third-order valence-corrected chi connectivity index (χ3v) is 4.61. The van der Waals surface area contributed by atoms with Crippen molar-refractivity contribution in [1.82, 2.24) is 19.5 Å². The van der Waals surface area contributed by atoms with Gasteiger partial charge < -0.3 is 9.84 Å². The number of anilines is 1. The number of nitrogens with one attached hydrogen (secondary N) is 2. The normalized spacial score (nSPS) is 26.5. The Morgan fingerprint density at radius 1 is 1.52 bits per heavy atom. The van der Waals surface area contributed by atoms with Crippen LogP contribution in [0.3, 0.4) is 0 Å². The Morgan fingerprint density at radius 2 is 2.24 bits per heavy atom. The summed E-state index contributed by atoms with van der Waals surface area (Å²) in [6.07, 6.45) is 0.703. The summed E-state index contributed by atoms with van der Waals surface area (Å²) < 4.78 is 7.47. The Kier molecular flexibility index (Phi) is 4.61. The molecule has 0 bridgehead atoms. The minimum Gasteiger partial charge on any atom is -0.388 e. The van der Waals surface area contributed by atoms with Gasteiger partial charge in [-0.15, -0.1) is 0 Å². The number of ether oxygens (including phenoxy) is 1. The SMILES string of the molecule is CC[C@H]1O[C@@H](n2cnc3c(=O)[nH]c(NC(=O)C(C)C)nc32)[C@H](O)[C@H]1C. The van der Waals surface area contributed by atoms with Gasteiger partial charge >= 0.3 is 0 Å². The lowest BCUT2D eigenvalue weighted by atomic mass is 9.99. The minimum absolute atomic E-state index is 0.0467. The van der Waals surface area contributed by atoms with Gasteiger partial charge in [-0.2, -0.15) is 4.98 Å². The molecule has 1 aliphatic rings. The van der Waals surface area contributed by atoms with E-state index in [0.29, 0.717) is 0 Å². The van der Waals surface area contributed by atoms with E-state index >= 15 is 0 Å². The molecule has 1 fully saturated rings. The molecule has 0 radical (unpaired) electrons. The van der Waals surface area contributed by atoms with Crippen LogP contribution >= 0.6 is 0 Å². The van der Waals surface area contributed by atoms with Crippen LogP contribution in [0, 0.1) is 11.8 Å². The van der Waals surface area contributed by atoms with Gasteiger partial charge in [0.1, 0.15) is 6.10 Å². The number of rotatable bonds is 4. The number of hydrogen-bond acceptors (Lipinski definition) is 6. The molecule has 3 heterocycles. The molecule has 25 heavy (non-hydrogen) atoms. The van der Waals surface area contributed by atoms with E-state index in [1.165, 1.54) is 6.33 Å². The van der Waals surface area contributed by atoms with Crippen LogP contribution in [0.15, 0.2) is 11.1 Å². The van der Waals surface area contributed by atoms with Crippen molar-refractivity contribution in [2.75, 3.05) is 5.32 Å². The van der Waals surface area contributed by atoms with Gasteiger partial charge in [0.25, 0.3) is 5.56 Å². The number of fused-ring (bicyclic) bond motifs is 1. The van der Waals surface area contributed by atoms with Crippen molar-refractivity contribution in [3.8, 4) is 0 Å². The summed E-state index contributed by atoms with van der Waals surface area (Å²) >= 11 is 0. The fourth-order valence-corrected chi connectivity index (χ4v) is 2.99. The number of hydrogen-bond donors (Lipinski definition) is 3. The highest BCUT2D eigenvalue weighted by Crippen LogP contribution is 2.36. The Labute approximate surface area is 144 Å². The number of carbonyl (C=O) groups excluding carboxylic acids is 1. The predicted molar refractivity (Wildman–Crippen MR) is 91.0 cm³/mol. The van der Waals surface area contributed by atoms with Crippen molar-refractivity contribution in [2.45, 2.75) is 52.6 Å². The van der Waals surface area contributed by atoms with Gasteiger partial charge in [0.2, 0.25) is 11.9 Å². The molecule has 9 nitrogen and oxygen atoms in total. The topological polar surface area (TPSA) is 122 Å². The van der Waals surface area contributed by atoms with E-state index in [4.69, 9.17) is 4.74 Å². The van der Waals surface area contributed by atoms with E-state index in [1.54, 1.807) is 18.4 Å². The van der Waals surface area contributed by atoms with Gasteiger partial charge in [-0.05, 0) is 6.42 Å². The first kappa shape index (κ1) is 17.6. The molecule has 1 saturated heterocycles. The monoisotopic (exact) mass is 349 g/mol. The summed E-state index contributed by atoms with van der Waals surface area (Å²) in [7, 11) is 0. The zero-order valence-corrected chi connectivity index (χ0v) is 14.7. The van der Waals surface area contributed by atoms with E-state index < -0.39 is 17.9 Å². The van der Waals surface area contributed by atoms with Crippen LogP contribution in [-0.4, -0.2) is 42.7 Å². The van der Waals surface area contributed by atoms with Crippen molar-refractivity contribution in [1.29, 1.82) is 0 Å². The molecule has 0 saturated carbocycles. The smallest absolute Gasteiger partial charge is 0.280 e. The number of amides is 1. The lowest BCUT2D eigenvalue weighted by Crippen LogP contribution is -2.25. The maximum absolute atomic E-state index is 12.2. The number of aliphatic hydroxyl groups is 1. The van der Waals surface area contributed by atoms with E-state index in [-0.39, 0.29) is 41.0 Å². The molecule has 0 aliphatic carbocycles. The van der Waals surface area contributed by atoms with Gasteiger partial charge in [-0.3, -0.25) is 24.5 Å². The molecule has 2 aromatic rings. The van der Waals surface area contributed by atoms with E-state index in [9.17, 15) is 14.7 Å². The summed E-state index contributed by atoms with van der Waals surface area (Å²) in [4.78, 5) is 35.0. The van der Waals surface area contributed by atoms with Crippen LogP contribution in [0.25, 0.3) is 11.2 Å². The molecule has 0 spiro atoms. The van der Waals surface area contributed by atoms with E-state index in [0.717, 1.165) is 6.42 Å². The van der Waals surface area contributed by atoms with Crippen LogP contribution in [0.5, 0.6) is 0 Å². The van der Waals surface area contributed by atoms with Crippen molar-refractivity contribution in [3.63, 3.8) is 0 Å². The number of aromatic nitrogens is 4. The van der Waals surface area contributed by atoms with Gasteiger partial charge in [0.15, 0.2) is 17.4 Å². The molecule has 9 heteroatoms. The zero-order valence-electron chi connectivity index (χ0n) is 14.7. The molecule has 4 atom stereocenters. The van der Waals surface area contributed by atoms with Crippen molar-refractivity contribution in [3.05, 3.63) is 16.7 Å². The Morgan fingerprint density at radius 3 is 2.84 bits per heavy atom. The first-order chi connectivity index (χ1) is 11.8. The lowest BCUT2D eigenvalue weighted by molar-refractivity contribution is -0.118. The van der Waals surface area contributed by atoms with Crippen LogP contribution in [0.4, 0.5) is 5.95 Å². The first-order valence-corrected chi connectivity index (χ1v) is 8.44. The number of H-pyrrole nitrogens is 1. The highest BCUT2D eigenvalue weighted by atomic mass is 16.5. The van der Waals surface area contributed by atoms with Crippen LogP contribution in [0.2, 0.25) is 0 Å². The second-order valence-electron chi connectivity index (χ2n) is 6.71. The number of aliphatic hydroxyl groups excluding tert-OH is 1. The fourth-order valence-electron chi connectivity index (χ4n) is 2.99. The predicted octanol–water partition coefficient (Wildman–Crippen LogP) is 1.02. The van der Waals surface area contributed by atoms with Crippen LogP contribution in [-0.2, 0) is 9.53 Å². The standard InChI is InChI=1S/C16H23N5O4/c1-5-9-8(4)11(22)15(25-9)21-6-17-10-12(21)18-16(20-14(10)24)19-13(23)7(2)3/h6-9,11,15,22H,5H2,1-4H3,(H2,18,19,20,23,24)/t8-,9+,11+,15+/m0/s1. The summed E-state index contributed by atoms with van der Waals surface area (Å²) in [6, 6.07) is 0. The molecule has 3 N–H and O–H groups in total. The van der Waals surface area contributed by atoms with Crippen LogP contribution in [0.1, 0.15) is 40.3 Å². The highest BCUT2D eigenvalue weighted by molar-refractivity contribution is 5.91. The molecular formula is C16H23N5O4. The van der Waals surface area contributed by atoms with E-state index in [1.807, 2.05) is 13.8 Å². The third kappa shape index (κ3) is 3.05. The summed E-state index contributed by atoms with van der Waals surface area (Å²) in [6.45, 7) is 7.40. The maximum Gasteiger partial charge on any atom is 0.280 e. The molecule has 1 aliphatic heterocycles. The molecule has 136 valence electrons. The molecule has 2 aromatic heterocycles. The molecule has 3 rings (SSSR count). The second-order valence-corrected chi connectivity index (χ2v) is 6.71. The van der Waals surface area contributed by atoms with Crippen molar-refractivity contribution in [2.24, 2.45) is 11.8 Å². The Hall–Kier alpha value is -2.26. The number of nitrogens with zero attached hydrogens (tertiary/aromatic N) is 3. The molecule has 1 amide bonds. The third-order valence-electron chi connectivity index (χ3n) is 4.61. The Bertz CT molecular complexity index is 843. The maximum atomic E-state index is 12.2. The average Bonchev–Trinajstić information content (AvgIpc) is 3.10. The summed E-state index contributed by atoms with van der Waals surface area (Å²) in [5, 5.41) is 13.1.